The fourth-order valence-corrected chi connectivity index (χ4v) is 5.42. The van der Waals surface area contributed by atoms with E-state index in [1.54, 1.807) is 6.07 Å². The molecule has 1 unspecified atom stereocenters. The average molecular weight is 528 g/mol. The van der Waals surface area contributed by atoms with Gasteiger partial charge < -0.3 is 19.9 Å². The molecule has 1 aromatic heterocycles. The molecule has 38 heavy (non-hydrogen) atoms. The van der Waals surface area contributed by atoms with Crippen LogP contribution in [0.3, 0.4) is 0 Å². The quantitative estimate of drug-likeness (QED) is 0.373. The molecule has 1 fully saturated rings. The number of benzene rings is 1. The van der Waals surface area contributed by atoms with Crippen molar-refractivity contribution in [2.45, 2.75) is 83.3 Å². The van der Waals surface area contributed by atoms with Crippen LogP contribution in [0.1, 0.15) is 81.3 Å². The van der Waals surface area contributed by atoms with Gasteiger partial charge in [0.1, 0.15) is 11.9 Å². The second-order valence-electron chi connectivity index (χ2n) is 11.5. The highest BCUT2D eigenvalue weighted by atomic mass is 19.1. The standard InChI is InChI=1S/C30H42FN3O4/c1-30(2,3)21-17-24(27(37-4)25(31)18-21)26(29(35)36)34-15-13-23(19-34)38-16-7-5-6-10-22-12-11-20-9-8-14-32-28(20)33-22/h11-12,17-18,23,26H,5-10,13-16,19H2,1-4H3,(H,32,33)(H,35,36)/t23-,26?/m1/s1. The van der Waals surface area contributed by atoms with Gasteiger partial charge in [0, 0.05) is 37.5 Å². The van der Waals surface area contributed by atoms with Crippen LogP contribution in [-0.4, -0.2) is 60.4 Å². The number of rotatable bonds is 11. The van der Waals surface area contributed by atoms with Gasteiger partial charge in [0.05, 0.1) is 13.2 Å². The van der Waals surface area contributed by atoms with Gasteiger partial charge in [0.25, 0.3) is 0 Å². The molecule has 2 aliphatic rings. The number of nitrogens with one attached hydrogen (secondary N) is 1. The zero-order chi connectivity index (χ0) is 27.3. The van der Waals surface area contributed by atoms with E-state index in [4.69, 9.17) is 14.5 Å². The van der Waals surface area contributed by atoms with E-state index >= 15 is 0 Å². The van der Waals surface area contributed by atoms with Crippen molar-refractivity contribution >= 4 is 11.8 Å². The summed E-state index contributed by atoms with van der Waals surface area (Å²) in [6.07, 6.45) is 7.01. The number of nitrogens with zero attached hydrogens (tertiary/aromatic N) is 2. The number of hydrogen-bond donors (Lipinski definition) is 2. The Morgan fingerprint density at radius 3 is 2.82 bits per heavy atom. The third-order valence-electron chi connectivity index (χ3n) is 7.60. The number of halogens is 1. The molecule has 208 valence electrons. The zero-order valence-corrected chi connectivity index (χ0v) is 23.2. The molecule has 8 heteroatoms. The van der Waals surface area contributed by atoms with E-state index in [1.165, 1.54) is 25.2 Å². The molecule has 0 radical (unpaired) electrons. The van der Waals surface area contributed by atoms with Gasteiger partial charge in [-0.3, -0.25) is 9.69 Å². The third-order valence-corrected chi connectivity index (χ3v) is 7.60. The third kappa shape index (κ3) is 6.83. The van der Waals surface area contributed by atoms with Crippen LogP contribution in [0.4, 0.5) is 10.2 Å². The molecular weight excluding hydrogens is 485 g/mol. The summed E-state index contributed by atoms with van der Waals surface area (Å²) in [6.45, 7) is 8.65. The first-order chi connectivity index (χ1) is 18.2. The average Bonchev–Trinajstić information content (AvgIpc) is 3.33. The lowest BCUT2D eigenvalue weighted by Crippen LogP contribution is -2.34. The Kier molecular flexibility index (Phi) is 9.26. The van der Waals surface area contributed by atoms with E-state index in [2.05, 4.69) is 17.4 Å². The SMILES string of the molecule is COc1c(F)cc(C(C)(C)C)cc1C(C(=O)O)N1CC[C@@H](OCCCCCc2ccc3c(n2)NCCC3)C1. The summed E-state index contributed by atoms with van der Waals surface area (Å²) >= 11 is 0. The van der Waals surface area contributed by atoms with Crippen molar-refractivity contribution in [3.63, 3.8) is 0 Å². The Labute approximate surface area is 225 Å². The van der Waals surface area contributed by atoms with Crippen molar-refractivity contribution < 1.29 is 23.8 Å². The van der Waals surface area contributed by atoms with Crippen molar-refractivity contribution in [2.75, 3.05) is 38.7 Å². The Hall–Kier alpha value is -2.71. The number of aliphatic carboxylic acids is 1. The molecule has 2 N–H and O–H groups in total. The van der Waals surface area contributed by atoms with Gasteiger partial charge in [-0.05, 0) is 73.3 Å². The summed E-state index contributed by atoms with van der Waals surface area (Å²) in [5.74, 6) is -0.498. The molecule has 0 bridgehead atoms. The van der Waals surface area contributed by atoms with Crippen LogP contribution in [0.15, 0.2) is 24.3 Å². The van der Waals surface area contributed by atoms with Crippen molar-refractivity contribution in [1.29, 1.82) is 0 Å². The maximum absolute atomic E-state index is 14.9. The number of pyridine rings is 1. The van der Waals surface area contributed by atoms with Crippen molar-refractivity contribution in [3.05, 3.63) is 52.5 Å². The molecule has 2 atom stereocenters. The zero-order valence-electron chi connectivity index (χ0n) is 23.2. The minimum atomic E-state index is -1.01. The lowest BCUT2D eigenvalue weighted by molar-refractivity contribution is -0.143. The van der Waals surface area contributed by atoms with E-state index in [0.29, 0.717) is 25.3 Å². The number of hydrogen-bond acceptors (Lipinski definition) is 6. The first kappa shape index (κ1) is 28.3. The van der Waals surface area contributed by atoms with Crippen molar-refractivity contribution in [2.24, 2.45) is 0 Å². The number of carboxylic acids is 1. The smallest absolute Gasteiger partial charge is 0.325 e. The Morgan fingerprint density at radius 1 is 1.26 bits per heavy atom. The normalized spacial score (nSPS) is 18.6. The van der Waals surface area contributed by atoms with Crippen LogP contribution < -0.4 is 10.1 Å². The fraction of sp³-hybridized carbons (Fsp3) is 0.600. The number of aryl methyl sites for hydroxylation is 2. The maximum atomic E-state index is 14.9. The predicted molar refractivity (Wildman–Crippen MR) is 147 cm³/mol. The number of carbonyl (C=O) groups is 1. The summed E-state index contributed by atoms with van der Waals surface area (Å²) in [5.41, 5.74) is 3.22. The summed E-state index contributed by atoms with van der Waals surface area (Å²) in [4.78, 5) is 19.0. The van der Waals surface area contributed by atoms with E-state index in [0.717, 1.165) is 62.1 Å². The molecule has 0 amide bonds. The van der Waals surface area contributed by atoms with Gasteiger partial charge in [0.2, 0.25) is 0 Å². The highest BCUT2D eigenvalue weighted by Gasteiger charge is 2.37. The molecule has 7 nitrogen and oxygen atoms in total. The largest absolute Gasteiger partial charge is 0.493 e. The molecule has 1 aromatic carbocycles. The number of unbranched alkanes of at least 4 members (excludes halogenated alkanes) is 2. The van der Waals surface area contributed by atoms with Crippen molar-refractivity contribution in [1.82, 2.24) is 9.88 Å². The fourth-order valence-electron chi connectivity index (χ4n) is 5.42. The highest BCUT2D eigenvalue weighted by Crippen LogP contribution is 2.38. The molecule has 0 aliphatic carbocycles. The summed E-state index contributed by atoms with van der Waals surface area (Å²) in [7, 11) is 1.38. The number of fused-ring (bicyclic) bond motifs is 1. The molecule has 2 aliphatic heterocycles. The number of likely N-dealkylation sites (tertiary alicyclic amines) is 1. The summed E-state index contributed by atoms with van der Waals surface area (Å²) < 4.78 is 26.3. The maximum Gasteiger partial charge on any atom is 0.325 e. The number of ether oxygens (including phenoxy) is 2. The monoisotopic (exact) mass is 527 g/mol. The van der Waals surface area contributed by atoms with Crippen LogP contribution in [-0.2, 0) is 27.8 Å². The van der Waals surface area contributed by atoms with E-state index < -0.39 is 17.8 Å². The molecule has 0 spiro atoms. The van der Waals surface area contributed by atoms with Gasteiger partial charge in [0.15, 0.2) is 11.6 Å². The molecule has 2 aromatic rings. The van der Waals surface area contributed by atoms with Crippen LogP contribution >= 0.6 is 0 Å². The van der Waals surface area contributed by atoms with Gasteiger partial charge in [-0.1, -0.05) is 33.3 Å². The van der Waals surface area contributed by atoms with Crippen LogP contribution in [0.25, 0.3) is 0 Å². The second kappa shape index (κ2) is 12.4. The molecular formula is C30H42FN3O4. The first-order valence-electron chi connectivity index (χ1n) is 13.9. The molecule has 1 saturated heterocycles. The van der Waals surface area contributed by atoms with Crippen LogP contribution in [0.2, 0.25) is 0 Å². The molecule has 4 rings (SSSR count). The lowest BCUT2D eigenvalue weighted by atomic mass is 9.84. The number of aromatic nitrogens is 1. The van der Waals surface area contributed by atoms with Gasteiger partial charge >= 0.3 is 5.97 Å². The Balaban J connectivity index is 1.27. The molecule has 0 saturated carbocycles. The minimum absolute atomic E-state index is 0.000957. The highest BCUT2D eigenvalue weighted by molar-refractivity contribution is 5.77. The van der Waals surface area contributed by atoms with Crippen molar-refractivity contribution in [3.8, 4) is 5.75 Å². The van der Waals surface area contributed by atoms with E-state index in [-0.39, 0.29) is 17.3 Å². The summed E-state index contributed by atoms with van der Waals surface area (Å²) in [6, 6.07) is 6.57. The van der Waals surface area contributed by atoms with Gasteiger partial charge in [-0.15, -0.1) is 0 Å². The second-order valence-corrected chi connectivity index (χ2v) is 11.5. The topological polar surface area (TPSA) is 83.9 Å². The van der Waals surface area contributed by atoms with Crippen LogP contribution in [0, 0.1) is 5.82 Å². The minimum Gasteiger partial charge on any atom is -0.493 e. The Morgan fingerprint density at radius 2 is 2.08 bits per heavy atom. The van der Waals surface area contributed by atoms with Gasteiger partial charge in [-0.2, -0.15) is 0 Å². The predicted octanol–water partition coefficient (Wildman–Crippen LogP) is 5.51. The molecule has 3 heterocycles. The number of methoxy groups -OCH3 is 1. The van der Waals surface area contributed by atoms with E-state index in [1.807, 2.05) is 25.7 Å². The number of carboxylic acid groups (broad SMARTS) is 1. The first-order valence-corrected chi connectivity index (χ1v) is 13.9. The van der Waals surface area contributed by atoms with Gasteiger partial charge in [-0.25, -0.2) is 9.37 Å². The lowest BCUT2D eigenvalue weighted by Gasteiger charge is -2.28. The van der Waals surface area contributed by atoms with E-state index in [9.17, 15) is 14.3 Å². The van der Waals surface area contributed by atoms with Crippen LogP contribution in [0.5, 0.6) is 5.75 Å². The summed E-state index contributed by atoms with van der Waals surface area (Å²) in [5, 5.41) is 13.5. The number of anilines is 1. The Bertz CT molecular complexity index is 1120.